The van der Waals surface area contributed by atoms with E-state index in [-0.39, 0.29) is 5.41 Å². The van der Waals surface area contributed by atoms with E-state index in [1.165, 1.54) is 31.3 Å². The number of rotatable bonds is 1. The molecule has 4 aliphatic rings. The first-order chi connectivity index (χ1) is 11.5. The summed E-state index contributed by atoms with van der Waals surface area (Å²) in [5, 5.41) is 0. The highest BCUT2D eigenvalue weighted by atomic mass is 16.1. The number of hydrogen-bond acceptors (Lipinski definition) is 2. The molecule has 4 aliphatic carbocycles. The van der Waals surface area contributed by atoms with Crippen LogP contribution in [0.5, 0.6) is 0 Å². The van der Waals surface area contributed by atoms with Gasteiger partial charge in [0.25, 0.3) is 0 Å². The smallest absolute Gasteiger partial charge is 0.155 e. The lowest BCUT2D eigenvalue weighted by Gasteiger charge is -2.46. The van der Waals surface area contributed by atoms with E-state index in [4.69, 9.17) is 0 Å². The molecule has 0 fully saturated rings. The van der Waals surface area contributed by atoms with Gasteiger partial charge in [-0.3, -0.25) is 4.79 Å². The van der Waals surface area contributed by atoms with Crippen molar-refractivity contribution in [2.75, 3.05) is 0 Å². The van der Waals surface area contributed by atoms with Crippen LogP contribution in [0.4, 0.5) is 0 Å². The minimum Gasteiger partial charge on any atom is -0.303 e. The second-order valence-corrected chi connectivity index (χ2v) is 8.02. The Morgan fingerprint density at radius 3 is 2.71 bits per heavy atom. The molecule has 0 saturated carbocycles. The van der Waals surface area contributed by atoms with Crippen molar-refractivity contribution in [1.29, 1.82) is 0 Å². The Morgan fingerprint density at radius 1 is 1.25 bits per heavy atom. The molecular weight excluding hydrogens is 296 g/mol. The minimum atomic E-state index is 0.207. The maximum absolute atomic E-state index is 11.7. The van der Waals surface area contributed by atoms with Crippen LogP contribution in [-0.2, 0) is 9.59 Å². The van der Waals surface area contributed by atoms with E-state index in [1.807, 2.05) is 13.0 Å². The topological polar surface area (TPSA) is 34.1 Å². The van der Waals surface area contributed by atoms with E-state index < -0.39 is 0 Å². The summed E-state index contributed by atoms with van der Waals surface area (Å²) in [5.74, 6) is 2.02. The van der Waals surface area contributed by atoms with Gasteiger partial charge < -0.3 is 4.79 Å². The highest BCUT2D eigenvalue weighted by Gasteiger charge is 2.44. The van der Waals surface area contributed by atoms with Gasteiger partial charge in [-0.1, -0.05) is 38.0 Å². The lowest BCUT2D eigenvalue weighted by Crippen LogP contribution is -2.34. The summed E-state index contributed by atoms with van der Waals surface area (Å²) in [6, 6.07) is 0. The molecule has 130 valence electrons. The molecule has 3 atom stereocenters. The molecule has 2 heteroatoms. The number of fused-ring (bicyclic) bond motifs is 4. The minimum absolute atomic E-state index is 0.207. The average Bonchev–Trinajstić information content (AvgIpc) is 2.97. The van der Waals surface area contributed by atoms with Crippen molar-refractivity contribution in [3.63, 3.8) is 0 Å². The number of carbonyl (C=O) groups excluding carboxylic acids is 2. The maximum atomic E-state index is 11.7. The highest BCUT2D eigenvalue weighted by Crippen LogP contribution is 2.57. The van der Waals surface area contributed by atoms with Crippen LogP contribution in [0.1, 0.15) is 72.1 Å². The first kappa shape index (κ1) is 17.4. The third-order valence-electron chi connectivity index (χ3n) is 6.61. The highest BCUT2D eigenvalue weighted by molar-refractivity contribution is 5.92. The number of allylic oxidation sites excluding steroid dienone is 6. The molecule has 3 unspecified atom stereocenters. The molecule has 0 N–H and O–H groups in total. The summed E-state index contributed by atoms with van der Waals surface area (Å²) < 4.78 is 0. The van der Waals surface area contributed by atoms with Crippen LogP contribution in [0.3, 0.4) is 0 Å². The fourth-order valence-corrected chi connectivity index (χ4v) is 5.16. The molecule has 0 spiro atoms. The Balaban J connectivity index is 0.000000383. The van der Waals surface area contributed by atoms with Crippen molar-refractivity contribution in [3.8, 4) is 0 Å². The zero-order valence-electron chi connectivity index (χ0n) is 15.4. The summed E-state index contributed by atoms with van der Waals surface area (Å²) in [6.07, 6.45) is 14.0. The first-order valence-corrected chi connectivity index (χ1v) is 9.61. The normalized spacial score (nSPS) is 34.2. The van der Waals surface area contributed by atoms with Crippen LogP contribution in [0.25, 0.3) is 0 Å². The lowest BCUT2D eigenvalue weighted by molar-refractivity contribution is -0.115. The summed E-state index contributed by atoms with van der Waals surface area (Å²) in [4.78, 5) is 20.9. The zero-order valence-corrected chi connectivity index (χ0v) is 15.4. The van der Waals surface area contributed by atoms with Gasteiger partial charge in [0.15, 0.2) is 5.78 Å². The summed E-state index contributed by atoms with van der Waals surface area (Å²) in [5.41, 5.74) is 6.71. The van der Waals surface area contributed by atoms with Gasteiger partial charge in [0.1, 0.15) is 6.29 Å². The van der Waals surface area contributed by atoms with Crippen LogP contribution < -0.4 is 0 Å². The predicted octanol–water partition coefficient (Wildman–Crippen LogP) is 5.34. The third kappa shape index (κ3) is 2.85. The van der Waals surface area contributed by atoms with Gasteiger partial charge in [-0.25, -0.2) is 0 Å². The Hall–Kier alpha value is -1.44. The van der Waals surface area contributed by atoms with E-state index in [0.717, 1.165) is 37.4 Å². The van der Waals surface area contributed by atoms with Crippen molar-refractivity contribution in [1.82, 2.24) is 0 Å². The average molecular weight is 326 g/mol. The van der Waals surface area contributed by atoms with Crippen molar-refractivity contribution >= 4 is 12.1 Å². The van der Waals surface area contributed by atoms with Gasteiger partial charge in [-0.05, 0) is 67.6 Å². The van der Waals surface area contributed by atoms with Gasteiger partial charge in [0.2, 0.25) is 0 Å². The number of hydrogen-bond donors (Lipinski definition) is 0. The standard InChI is InChI=1S/C19H24O.C3H6O/c1-12-3-5-16-15(12)7-8-18-17(16)6-4-13-11-14(20)9-10-19(13,18)2;1-2-3-4/h5,11-12,15H,3-4,6-10H2,1-2H3;3H,2H2,1H3. The van der Waals surface area contributed by atoms with E-state index in [2.05, 4.69) is 19.9 Å². The largest absolute Gasteiger partial charge is 0.303 e. The molecule has 0 bridgehead atoms. The quantitative estimate of drug-likeness (QED) is 0.609. The van der Waals surface area contributed by atoms with Crippen molar-refractivity contribution in [2.24, 2.45) is 17.3 Å². The van der Waals surface area contributed by atoms with E-state index in [9.17, 15) is 9.59 Å². The molecule has 0 amide bonds. The fraction of sp³-hybridized carbons (Fsp3) is 0.636. The van der Waals surface area contributed by atoms with Gasteiger partial charge >= 0.3 is 0 Å². The van der Waals surface area contributed by atoms with E-state index in [1.54, 1.807) is 16.7 Å². The number of ketones is 1. The maximum Gasteiger partial charge on any atom is 0.155 e. The Kier molecular flexibility index (Phi) is 4.94. The monoisotopic (exact) mass is 326 g/mol. The molecule has 0 radical (unpaired) electrons. The molecule has 0 aliphatic heterocycles. The van der Waals surface area contributed by atoms with Crippen LogP contribution in [0, 0.1) is 17.3 Å². The molecular formula is C22H30O2. The van der Waals surface area contributed by atoms with Crippen LogP contribution >= 0.6 is 0 Å². The molecule has 0 aromatic heterocycles. The molecule has 0 aromatic rings. The van der Waals surface area contributed by atoms with Crippen LogP contribution in [0.2, 0.25) is 0 Å². The molecule has 0 saturated heterocycles. The lowest BCUT2D eigenvalue weighted by atomic mass is 9.58. The molecule has 0 aromatic carbocycles. The van der Waals surface area contributed by atoms with E-state index in [0.29, 0.717) is 12.2 Å². The third-order valence-corrected chi connectivity index (χ3v) is 6.61. The Morgan fingerprint density at radius 2 is 2.00 bits per heavy atom. The summed E-state index contributed by atoms with van der Waals surface area (Å²) in [6.45, 7) is 6.63. The van der Waals surface area contributed by atoms with Crippen molar-refractivity contribution in [2.45, 2.75) is 72.1 Å². The number of aldehydes is 1. The van der Waals surface area contributed by atoms with Crippen molar-refractivity contribution < 1.29 is 9.59 Å². The Bertz CT molecular complexity index is 634. The summed E-state index contributed by atoms with van der Waals surface area (Å²) >= 11 is 0. The van der Waals surface area contributed by atoms with E-state index >= 15 is 0 Å². The molecule has 4 rings (SSSR count). The second-order valence-electron chi connectivity index (χ2n) is 8.02. The fourth-order valence-electron chi connectivity index (χ4n) is 5.16. The molecule has 0 heterocycles. The van der Waals surface area contributed by atoms with Crippen LogP contribution in [0.15, 0.2) is 34.4 Å². The SMILES string of the molecule is CC1CC=C2C3=C(CCC21)C1(C)CCC(=O)C=C1CC3.CCC=O. The number of carbonyl (C=O) groups is 2. The van der Waals surface area contributed by atoms with Gasteiger partial charge in [0, 0.05) is 18.3 Å². The van der Waals surface area contributed by atoms with Gasteiger partial charge in [-0.2, -0.15) is 0 Å². The van der Waals surface area contributed by atoms with Gasteiger partial charge in [-0.15, -0.1) is 0 Å². The zero-order chi connectivity index (χ0) is 17.3. The summed E-state index contributed by atoms with van der Waals surface area (Å²) in [7, 11) is 0. The molecule has 2 nitrogen and oxygen atoms in total. The first-order valence-electron chi connectivity index (χ1n) is 9.61. The Labute approximate surface area is 146 Å². The second kappa shape index (κ2) is 6.82. The predicted molar refractivity (Wildman–Crippen MR) is 97.6 cm³/mol. The van der Waals surface area contributed by atoms with Gasteiger partial charge in [0.05, 0.1) is 0 Å². The van der Waals surface area contributed by atoms with Crippen molar-refractivity contribution in [3.05, 3.63) is 34.4 Å². The molecule has 24 heavy (non-hydrogen) atoms. The van der Waals surface area contributed by atoms with Crippen LogP contribution in [-0.4, -0.2) is 12.1 Å².